The van der Waals surface area contributed by atoms with Gasteiger partial charge in [0.15, 0.2) is 0 Å². The van der Waals surface area contributed by atoms with Crippen LogP contribution in [0.5, 0.6) is 5.75 Å². The number of ether oxygens (including phenoxy) is 1. The average molecular weight is 511 g/mol. The van der Waals surface area contributed by atoms with Gasteiger partial charge < -0.3 is 14.8 Å². The molecule has 6 nitrogen and oxygen atoms in total. The second-order valence-corrected chi connectivity index (χ2v) is 12.4. The molecule has 0 spiro atoms. The first-order valence-corrected chi connectivity index (χ1v) is 13.8. The van der Waals surface area contributed by atoms with Crippen LogP contribution in [0, 0.1) is 5.82 Å². The number of methoxy groups -OCH3 is 1. The summed E-state index contributed by atoms with van der Waals surface area (Å²) in [5.74, 6) is 0.457. The van der Waals surface area contributed by atoms with Gasteiger partial charge in [-0.2, -0.15) is 0 Å². The van der Waals surface area contributed by atoms with Crippen LogP contribution in [0.3, 0.4) is 0 Å². The van der Waals surface area contributed by atoms with Gasteiger partial charge in [0.2, 0.25) is 0 Å². The van der Waals surface area contributed by atoms with Crippen LogP contribution >= 0.6 is 33.3 Å². The van der Waals surface area contributed by atoms with E-state index in [1.807, 2.05) is 30.5 Å². The smallest absolute Gasteiger partial charge is 0.141 e. The summed E-state index contributed by atoms with van der Waals surface area (Å²) in [4.78, 5) is 16.9. The number of hydrogen-bond acceptors (Lipinski definition) is 7. The van der Waals surface area contributed by atoms with Gasteiger partial charge in [0.25, 0.3) is 0 Å². The van der Waals surface area contributed by atoms with Crippen molar-refractivity contribution in [3.8, 4) is 16.2 Å². The third kappa shape index (κ3) is 6.91. The molecule has 10 heteroatoms. The Morgan fingerprint density at radius 1 is 1.24 bits per heavy atom. The third-order valence-electron chi connectivity index (χ3n) is 4.94. The van der Waals surface area contributed by atoms with E-state index in [0.717, 1.165) is 39.6 Å². The maximum Gasteiger partial charge on any atom is 0.141 e. The van der Waals surface area contributed by atoms with E-state index in [0.29, 0.717) is 0 Å². The Bertz CT molecular complexity index is 1080. The van der Waals surface area contributed by atoms with Gasteiger partial charge in [-0.1, -0.05) is 11.6 Å². The minimum atomic E-state index is -1.19. The number of rotatable bonds is 5. The third-order valence-corrected chi connectivity index (χ3v) is 8.16. The van der Waals surface area contributed by atoms with Crippen molar-refractivity contribution < 1.29 is 13.9 Å². The van der Waals surface area contributed by atoms with Crippen molar-refractivity contribution in [1.29, 1.82) is 0 Å². The average Bonchev–Trinajstić information content (AvgIpc) is 3.31. The molecule has 2 heterocycles. The number of aromatic nitrogens is 1. The molecular weight excluding hydrogens is 483 g/mol. The summed E-state index contributed by atoms with van der Waals surface area (Å²) >= 11 is 7.15. The molecule has 1 aliphatic rings. The van der Waals surface area contributed by atoms with Crippen molar-refractivity contribution in [3.05, 3.63) is 64.5 Å². The van der Waals surface area contributed by atoms with Gasteiger partial charge in [-0.3, -0.25) is 9.44 Å². The van der Waals surface area contributed by atoms with Crippen LogP contribution in [-0.4, -0.2) is 44.0 Å². The Kier molecular flexibility index (Phi) is 8.72. The zero-order chi connectivity index (χ0) is 24.0. The lowest BCUT2D eigenvalue weighted by Gasteiger charge is -2.44. The summed E-state index contributed by atoms with van der Waals surface area (Å²) in [6.07, 6.45) is 7.88. The van der Waals surface area contributed by atoms with Crippen LogP contribution in [0.4, 0.5) is 10.1 Å². The molecule has 0 bridgehead atoms. The molecule has 33 heavy (non-hydrogen) atoms. The summed E-state index contributed by atoms with van der Waals surface area (Å²) in [5.41, 5.74) is 1.94. The predicted octanol–water partition coefficient (Wildman–Crippen LogP) is 5.43. The Morgan fingerprint density at radius 2 is 1.97 bits per heavy atom. The number of hydrogen-bond donors (Lipinski definition) is 3. The molecule has 1 saturated heterocycles. The molecule has 0 saturated carbocycles. The fourth-order valence-corrected chi connectivity index (χ4v) is 6.48. The number of nitrogens with one attached hydrogen (secondary N) is 3. The Balaban J connectivity index is 0.000000257. The van der Waals surface area contributed by atoms with E-state index in [1.165, 1.54) is 12.1 Å². The SMILES string of the molecule is CNc1ccc(F)c(Cl)c1.COc1ccc(-c2cnc(C3CC(C=O)NS(C)(C)N3)s2)cc1. The monoisotopic (exact) mass is 510 g/mol. The largest absolute Gasteiger partial charge is 0.497 e. The molecule has 0 aliphatic carbocycles. The van der Waals surface area contributed by atoms with Gasteiger partial charge >= 0.3 is 0 Å². The molecule has 2 unspecified atom stereocenters. The summed E-state index contributed by atoms with van der Waals surface area (Å²) in [6.45, 7) is 0. The number of anilines is 1. The van der Waals surface area contributed by atoms with Crippen molar-refractivity contribution in [1.82, 2.24) is 14.4 Å². The van der Waals surface area contributed by atoms with E-state index < -0.39 is 10.4 Å². The van der Waals surface area contributed by atoms with Crippen LogP contribution in [0.25, 0.3) is 10.4 Å². The highest BCUT2D eigenvalue weighted by Gasteiger charge is 2.31. The summed E-state index contributed by atoms with van der Waals surface area (Å²) in [6, 6.07) is 12.5. The van der Waals surface area contributed by atoms with Crippen LogP contribution < -0.4 is 19.5 Å². The van der Waals surface area contributed by atoms with E-state index in [2.05, 4.69) is 32.3 Å². The van der Waals surface area contributed by atoms with Crippen molar-refractivity contribution in [2.24, 2.45) is 0 Å². The van der Waals surface area contributed by atoms with Gasteiger partial charge in [0, 0.05) is 18.9 Å². The molecule has 4 rings (SSSR count). The van der Waals surface area contributed by atoms with Gasteiger partial charge in [-0.15, -0.1) is 21.7 Å². The van der Waals surface area contributed by atoms with E-state index in [-0.39, 0.29) is 22.9 Å². The van der Waals surface area contributed by atoms with E-state index in [4.69, 9.17) is 16.3 Å². The van der Waals surface area contributed by atoms with Crippen molar-refractivity contribution in [3.63, 3.8) is 0 Å². The van der Waals surface area contributed by atoms with Gasteiger partial charge in [0.1, 0.15) is 22.9 Å². The molecule has 2 atom stereocenters. The second kappa shape index (κ2) is 11.3. The molecule has 1 aliphatic heterocycles. The topological polar surface area (TPSA) is 75.3 Å². The van der Waals surface area contributed by atoms with Crippen LogP contribution in [-0.2, 0) is 4.79 Å². The van der Waals surface area contributed by atoms with E-state index in [1.54, 1.807) is 31.6 Å². The lowest BCUT2D eigenvalue weighted by molar-refractivity contribution is -0.109. The molecular formula is C23H28ClFN4O2S2. The molecule has 2 aromatic carbocycles. The van der Waals surface area contributed by atoms with Crippen molar-refractivity contribution in [2.75, 3.05) is 32.0 Å². The van der Waals surface area contributed by atoms with Crippen LogP contribution in [0.1, 0.15) is 17.5 Å². The Morgan fingerprint density at radius 3 is 2.58 bits per heavy atom. The first-order chi connectivity index (χ1) is 15.7. The van der Waals surface area contributed by atoms with Crippen LogP contribution in [0.15, 0.2) is 48.7 Å². The zero-order valence-corrected chi connectivity index (χ0v) is 21.3. The Labute approximate surface area is 204 Å². The maximum absolute atomic E-state index is 12.5. The molecule has 178 valence electrons. The Hall–Kier alpha value is -2.17. The first-order valence-electron chi connectivity index (χ1n) is 10.2. The highest BCUT2D eigenvalue weighted by atomic mass is 35.5. The summed E-state index contributed by atoms with van der Waals surface area (Å²) in [5, 5.41) is 4.02. The normalized spacial score (nSPS) is 20.2. The number of halogens is 2. The quantitative estimate of drug-likeness (QED) is 0.398. The van der Waals surface area contributed by atoms with Gasteiger partial charge in [-0.05, 0) is 67.0 Å². The number of benzene rings is 2. The van der Waals surface area contributed by atoms with Gasteiger partial charge in [0.05, 0.1) is 29.1 Å². The first kappa shape index (κ1) is 25.5. The lowest BCUT2D eigenvalue weighted by Crippen LogP contribution is -2.47. The van der Waals surface area contributed by atoms with Gasteiger partial charge in [-0.25, -0.2) is 9.37 Å². The predicted molar refractivity (Wildman–Crippen MR) is 138 cm³/mol. The number of carbonyl (C=O) groups excluding carboxylic acids is 1. The zero-order valence-electron chi connectivity index (χ0n) is 18.9. The van der Waals surface area contributed by atoms with Crippen LogP contribution in [0.2, 0.25) is 5.02 Å². The molecule has 0 radical (unpaired) electrons. The molecule has 1 fully saturated rings. The molecule has 3 N–H and O–H groups in total. The standard InChI is InChI=1S/C16H21N3O2S2.C7H7ClFN/c1-21-13-6-4-11(5-7-13)15-9-17-16(22-15)14-8-12(10-20)18-23(2,3)19-14;1-10-5-2-3-7(9)6(8)4-5/h4-7,9-10,12,14,18-19H,8H2,1-3H3;2-4,10H,1H3. The number of thiazole rings is 1. The summed E-state index contributed by atoms with van der Waals surface area (Å²) in [7, 11) is 2.23. The number of aldehydes is 1. The maximum atomic E-state index is 12.5. The molecule has 3 aromatic rings. The minimum Gasteiger partial charge on any atom is -0.497 e. The number of carbonyl (C=O) groups is 1. The fraction of sp³-hybridized carbons (Fsp3) is 0.304. The van der Waals surface area contributed by atoms with Crippen molar-refractivity contribution >= 4 is 45.3 Å². The second-order valence-electron chi connectivity index (χ2n) is 7.76. The highest BCUT2D eigenvalue weighted by Crippen LogP contribution is 2.42. The molecule has 1 aromatic heterocycles. The number of nitrogens with zero attached hydrogens (tertiary/aromatic N) is 1. The fourth-order valence-electron chi connectivity index (χ4n) is 3.34. The van der Waals surface area contributed by atoms with E-state index >= 15 is 0 Å². The summed E-state index contributed by atoms with van der Waals surface area (Å²) < 4.78 is 24.6. The minimum absolute atomic E-state index is 0.111. The highest BCUT2D eigenvalue weighted by molar-refractivity contribution is 8.29. The lowest BCUT2D eigenvalue weighted by atomic mass is 10.1. The van der Waals surface area contributed by atoms with E-state index in [9.17, 15) is 9.18 Å². The van der Waals surface area contributed by atoms with Crippen molar-refractivity contribution in [2.45, 2.75) is 18.5 Å². The molecule has 0 amide bonds.